The molecule has 9 nitrogen and oxygen atoms in total. The maximum atomic E-state index is 12.8. The molecule has 0 atom stereocenters. The normalized spacial score (nSPS) is 11.1. The highest BCUT2D eigenvalue weighted by molar-refractivity contribution is 7.89. The molecular weight excluding hydrogens is 400 g/mol. The van der Waals surface area contributed by atoms with Gasteiger partial charge >= 0.3 is 0 Å². The lowest BCUT2D eigenvalue weighted by Gasteiger charge is -2.18. The number of carbonyl (C=O) groups excluding carboxylic acids is 1. The van der Waals surface area contributed by atoms with Crippen LogP contribution in [0.1, 0.15) is 0 Å². The molecule has 2 aromatic carbocycles. The molecule has 0 saturated carbocycles. The molecule has 2 rings (SSSR count). The number of benzene rings is 2. The van der Waals surface area contributed by atoms with Gasteiger partial charge in [0, 0.05) is 24.9 Å². The van der Waals surface area contributed by atoms with Gasteiger partial charge in [0.2, 0.25) is 15.9 Å². The Balaban J connectivity index is 2.14. The van der Waals surface area contributed by atoms with Gasteiger partial charge in [-0.25, -0.2) is 8.42 Å². The molecule has 0 aliphatic rings. The number of likely N-dealkylation sites (N-methyl/N-ethyl adjacent to an activating group) is 1. The van der Waals surface area contributed by atoms with Gasteiger partial charge in [0.1, 0.15) is 0 Å². The monoisotopic (exact) mass is 424 g/mol. The Kier molecular flexibility index (Phi) is 7.29. The van der Waals surface area contributed by atoms with E-state index in [4.69, 9.17) is 18.9 Å². The molecule has 0 bridgehead atoms. The average Bonchev–Trinajstić information content (AvgIpc) is 2.72. The Bertz CT molecular complexity index is 977. The number of methoxy groups -OCH3 is 4. The molecule has 0 radical (unpaired) electrons. The zero-order valence-electron chi connectivity index (χ0n) is 16.9. The highest BCUT2D eigenvalue weighted by atomic mass is 32.2. The van der Waals surface area contributed by atoms with Crippen molar-refractivity contribution in [2.24, 2.45) is 0 Å². The van der Waals surface area contributed by atoms with Crippen LogP contribution in [0.3, 0.4) is 0 Å². The van der Waals surface area contributed by atoms with Crippen LogP contribution in [-0.2, 0) is 14.8 Å². The first kappa shape index (κ1) is 22.3. The van der Waals surface area contributed by atoms with Crippen LogP contribution >= 0.6 is 0 Å². The minimum absolute atomic E-state index is 0.0171. The van der Waals surface area contributed by atoms with Gasteiger partial charge in [-0.15, -0.1) is 0 Å². The average molecular weight is 424 g/mol. The fourth-order valence-electron chi connectivity index (χ4n) is 2.56. The summed E-state index contributed by atoms with van der Waals surface area (Å²) in [7, 11) is 3.25. The second-order valence-corrected chi connectivity index (χ2v) is 7.94. The number of anilines is 1. The molecule has 158 valence electrons. The molecule has 0 aliphatic heterocycles. The van der Waals surface area contributed by atoms with E-state index in [1.807, 2.05) is 0 Å². The van der Waals surface area contributed by atoms with Crippen LogP contribution < -0.4 is 24.3 Å². The third-order valence-corrected chi connectivity index (χ3v) is 5.90. The lowest BCUT2D eigenvalue weighted by molar-refractivity contribution is -0.116. The van der Waals surface area contributed by atoms with Crippen LogP contribution in [0.4, 0.5) is 5.69 Å². The molecule has 29 heavy (non-hydrogen) atoms. The standard InChI is InChI=1S/C19H24N2O7S/c1-21(29(23,24)14-7-9-16(26-3)18(11-14)28-5)12-19(22)20-13-6-8-15(25-2)17(10-13)27-4/h6-11H,12H2,1-5H3,(H,20,22). The Morgan fingerprint density at radius 1 is 0.862 bits per heavy atom. The van der Waals surface area contributed by atoms with Crippen molar-refractivity contribution in [3.05, 3.63) is 36.4 Å². The number of hydrogen-bond donors (Lipinski definition) is 1. The molecule has 10 heteroatoms. The van der Waals surface area contributed by atoms with Crippen molar-refractivity contribution in [1.82, 2.24) is 4.31 Å². The fraction of sp³-hybridized carbons (Fsp3) is 0.316. The van der Waals surface area contributed by atoms with Crippen molar-refractivity contribution in [2.45, 2.75) is 4.90 Å². The van der Waals surface area contributed by atoms with E-state index in [9.17, 15) is 13.2 Å². The molecule has 0 saturated heterocycles. The number of ether oxygens (including phenoxy) is 4. The summed E-state index contributed by atoms with van der Waals surface area (Å²) in [6.07, 6.45) is 0. The fourth-order valence-corrected chi connectivity index (χ4v) is 3.70. The Morgan fingerprint density at radius 3 is 1.93 bits per heavy atom. The van der Waals surface area contributed by atoms with E-state index in [0.717, 1.165) is 4.31 Å². The zero-order valence-corrected chi connectivity index (χ0v) is 17.7. The van der Waals surface area contributed by atoms with Gasteiger partial charge in [-0.2, -0.15) is 4.31 Å². The van der Waals surface area contributed by atoms with E-state index in [-0.39, 0.29) is 17.2 Å². The maximum absolute atomic E-state index is 12.8. The highest BCUT2D eigenvalue weighted by Crippen LogP contribution is 2.31. The van der Waals surface area contributed by atoms with Gasteiger partial charge < -0.3 is 24.3 Å². The third-order valence-electron chi connectivity index (χ3n) is 4.10. The first-order chi connectivity index (χ1) is 13.8. The molecule has 1 N–H and O–H groups in total. The van der Waals surface area contributed by atoms with Crippen LogP contribution in [0.5, 0.6) is 23.0 Å². The largest absolute Gasteiger partial charge is 0.493 e. The predicted molar refractivity (Wildman–Crippen MR) is 108 cm³/mol. The van der Waals surface area contributed by atoms with Crippen LogP contribution in [0.2, 0.25) is 0 Å². The summed E-state index contributed by atoms with van der Waals surface area (Å²) >= 11 is 0. The van der Waals surface area contributed by atoms with Gasteiger partial charge in [0.05, 0.1) is 39.9 Å². The van der Waals surface area contributed by atoms with E-state index in [1.54, 1.807) is 18.2 Å². The quantitative estimate of drug-likeness (QED) is 0.656. The number of rotatable bonds is 9. The van der Waals surface area contributed by atoms with Crippen molar-refractivity contribution in [3.63, 3.8) is 0 Å². The van der Waals surface area contributed by atoms with Crippen molar-refractivity contribution >= 4 is 21.6 Å². The summed E-state index contributed by atoms with van der Waals surface area (Å²) < 4.78 is 47.1. The van der Waals surface area contributed by atoms with E-state index < -0.39 is 15.9 Å². The summed E-state index contributed by atoms with van der Waals surface area (Å²) in [5.74, 6) is 1.12. The number of carbonyl (C=O) groups is 1. The van der Waals surface area contributed by atoms with Crippen molar-refractivity contribution in [2.75, 3.05) is 47.3 Å². The first-order valence-electron chi connectivity index (χ1n) is 8.47. The Morgan fingerprint density at radius 2 is 1.38 bits per heavy atom. The van der Waals surface area contributed by atoms with Crippen molar-refractivity contribution < 1.29 is 32.2 Å². The molecule has 0 aromatic heterocycles. The summed E-state index contributed by atoms with van der Waals surface area (Å²) in [6, 6.07) is 9.07. The van der Waals surface area contributed by atoms with E-state index in [2.05, 4.69) is 5.32 Å². The topological polar surface area (TPSA) is 103 Å². The lowest BCUT2D eigenvalue weighted by atomic mass is 10.2. The maximum Gasteiger partial charge on any atom is 0.243 e. The number of nitrogens with one attached hydrogen (secondary N) is 1. The number of amides is 1. The molecular formula is C19H24N2O7S. The van der Waals surface area contributed by atoms with Crippen LogP contribution in [-0.4, -0.2) is 60.7 Å². The molecule has 0 aliphatic carbocycles. The van der Waals surface area contributed by atoms with E-state index in [0.29, 0.717) is 22.9 Å². The minimum Gasteiger partial charge on any atom is -0.493 e. The number of nitrogens with zero attached hydrogens (tertiary/aromatic N) is 1. The van der Waals surface area contributed by atoms with Gasteiger partial charge in [0.15, 0.2) is 23.0 Å². The minimum atomic E-state index is -3.92. The van der Waals surface area contributed by atoms with Gasteiger partial charge in [0.25, 0.3) is 0 Å². The number of sulfonamides is 1. The van der Waals surface area contributed by atoms with Gasteiger partial charge in [-0.3, -0.25) is 4.79 Å². The molecule has 0 heterocycles. The third kappa shape index (κ3) is 5.09. The summed E-state index contributed by atoms with van der Waals surface area (Å²) in [5.41, 5.74) is 0.449. The molecule has 0 fully saturated rings. The lowest BCUT2D eigenvalue weighted by Crippen LogP contribution is -2.35. The molecule has 0 spiro atoms. The highest BCUT2D eigenvalue weighted by Gasteiger charge is 2.24. The van der Waals surface area contributed by atoms with Gasteiger partial charge in [-0.05, 0) is 24.3 Å². The smallest absolute Gasteiger partial charge is 0.243 e. The molecule has 2 aromatic rings. The summed E-state index contributed by atoms with van der Waals surface area (Å²) in [5, 5.41) is 2.64. The zero-order chi connectivity index (χ0) is 21.6. The SMILES string of the molecule is COc1ccc(NC(=O)CN(C)S(=O)(=O)c2ccc(OC)c(OC)c2)cc1OC. The first-order valence-corrected chi connectivity index (χ1v) is 9.91. The second-order valence-electron chi connectivity index (χ2n) is 5.90. The van der Waals surface area contributed by atoms with Crippen LogP contribution in [0, 0.1) is 0 Å². The van der Waals surface area contributed by atoms with Crippen LogP contribution in [0.25, 0.3) is 0 Å². The summed E-state index contributed by atoms with van der Waals surface area (Å²) in [4.78, 5) is 12.3. The molecule has 0 unspecified atom stereocenters. The van der Waals surface area contributed by atoms with Gasteiger partial charge in [-0.1, -0.05) is 0 Å². The molecule has 1 amide bonds. The summed E-state index contributed by atoms with van der Waals surface area (Å²) in [6.45, 7) is -0.384. The van der Waals surface area contributed by atoms with E-state index in [1.165, 1.54) is 53.7 Å². The van der Waals surface area contributed by atoms with E-state index >= 15 is 0 Å². The number of hydrogen-bond acceptors (Lipinski definition) is 7. The van der Waals surface area contributed by atoms with Crippen LogP contribution in [0.15, 0.2) is 41.3 Å². The Hall–Kier alpha value is -2.98. The van der Waals surface area contributed by atoms with Crippen molar-refractivity contribution in [1.29, 1.82) is 0 Å². The van der Waals surface area contributed by atoms with Crippen molar-refractivity contribution in [3.8, 4) is 23.0 Å². The Labute approximate surface area is 170 Å². The second kappa shape index (κ2) is 9.48. The predicted octanol–water partition coefficient (Wildman–Crippen LogP) is 1.98.